The van der Waals surface area contributed by atoms with Crippen molar-refractivity contribution in [1.29, 1.82) is 0 Å². The zero-order valence-corrected chi connectivity index (χ0v) is 9.45. The standard InChI is InChI=1S/C12H19NO2/c1-14-9-5-8-13-10-11-6-3-4-7-12(11)15-2/h3-4,6-7,13H,5,8-10H2,1-2H3. The summed E-state index contributed by atoms with van der Waals surface area (Å²) < 4.78 is 10.2. The highest BCUT2D eigenvalue weighted by Gasteiger charge is 1.99. The van der Waals surface area contributed by atoms with Crippen LogP contribution < -0.4 is 10.1 Å². The van der Waals surface area contributed by atoms with E-state index in [0.29, 0.717) is 0 Å². The molecular weight excluding hydrogens is 190 g/mol. The zero-order chi connectivity index (χ0) is 10.9. The molecule has 3 heteroatoms. The fourth-order valence-electron chi connectivity index (χ4n) is 1.41. The lowest BCUT2D eigenvalue weighted by molar-refractivity contribution is 0.194. The van der Waals surface area contributed by atoms with Gasteiger partial charge in [-0.2, -0.15) is 0 Å². The second-order valence-corrected chi connectivity index (χ2v) is 3.33. The molecule has 0 aliphatic carbocycles. The van der Waals surface area contributed by atoms with Crippen LogP contribution in [-0.2, 0) is 11.3 Å². The highest BCUT2D eigenvalue weighted by atomic mass is 16.5. The molecule has 1 aromatic carbocycles. The predicted molar refractivity (Wildman–Crippen MR) is 61.2 cm³/mol. The SMILES string of the molecule is COCCCNCc1ccccc1OC. The van der Waals surface area contributed by atoms with Gasteiger partial charge in [-0.1, -0.05) is 18.2 Å². The van der Waals surface area contributed by atoms with Gasteiger partial charge in [0, 0.05) is 25.8 Å². The number of ether oxygens (including phenoxy) is 2. The Bertz CT molecular complexity index is 276. The van der Waals surface area contributed by atoms with Gasteiger partial charge in [0.1, 0.15) is 5.75 Å². The van der Waals surface area contributed by atoms with Gasteiger partial charge in [-0.3, -0.25) is 0 Å². The van der Waals surface area contributed by atoms with Gasteiger partial charge in [-0.05, 0) is 19.0 Å². The lowest BCUT2D eigenvalue weighted by atomic mass is 10.2. The first-order valence-corrected chi connectivity index (χ1v) is 5.20. The van der Waals surface area contributed by atoms with Crippen LogP contribution in [0.2, 0.25) is 0 Å². The number of methoxy groups -OCH3 is 2. The largest absolute Gasteiger partial charge is 0.496 e. The van der Waals surface area contributed by atoms with Crippen LogP contribution in [0.3, 0.4) is 0 Å². The summed E-state index contributed by atoms with van der Waals surface area (Å²) in [5, 5.41) is 3.35. The van der Waals surface area contributed by atoms with E-state index in [9.17, 15) is 0 Å². The van der Waals surface area contributed by atoms with Gasteiger partial charge in [0.05, 0.1) is 7.11 Å². The van der Waals surface area contributed by atoms with Gasteiger partial charge in [0.15, 0.2) is 0 Å². The normalized spacial score (nSPS) is 10.3. The molecule has 0 fully saturated rings. The maximum atomic E-state index is 5.26. The van der Waals surface area contributed by atoms with Crippen LogP contribution in [0.15, 0.2) is 24.3 Å². The first-order valence-electron chi connectivity index (χ1n) is 5.20. The van der Waals surface area contributed by atoms with Crippen molar-refractivity contribution in [3.8, 4) is 5.75 Å². The van der Waals surface area contributed by atoms with Crippen molar-refractivity contribution in [3.63, 3.8) is 0 Å². The van der Waals surface area contributed by atoms with Crippen molar-refractivity contribution < 1.29 is 9.47 Å². The zero-order valence-electron chi connectivity index (χ0n) is 9.45. The highest BCUT2D eigenvalue weighted by Crippen LogP contribution is 2.16. The van der Waals surface area contributed by atoms with Gasteiger partial charge >= 0.3 is 0 Å². The lowest BCUT2D eigenvalue weighted by Gasteiger charge is -2.08. The summed E-state index contributed by atoms with van der Waals surface area (Å²) in [6, 6.07) is 8.05. The molecule has 0 atom stereocenters. The van der Waals surface area contributed by atoms with Crippen molar-refractivity contribution in [2.45, 2.75) is 13.0 Å². The molecule has 0 aliphatic heterocycles. The van der Waals surface area contributed by atoms with E-state index < -0.39 is 0 Å². The van der Waals surface area contributed by atoms with Crippen LogP contribution >= 0.6 is 0 Å². The lowest BCUT2D eigenvalue weighted by Crippen LogP contribution is -2.16. The molecule has 0 heterocycles. The van der Waals surface area contributed by atoms with E-state index in [0.717, 1.165) is 31.9 Å². The molecule has 0 spiro atoms. The molecule has 0 aromatic heterocycles. The Kier molecular flexibility index (Phi) is 5.81. The first-order chi connectivity index (χ1) is 7.38. The first kappa shape index (κ1) is 12.0. The van der Waals surface area contributed by atoms with Crippen molar-refractivity contribution in [2.24, 2.45) is 0 Å². The second kappa shape index (κ2) is 7.26. The molecule has 0 unspecified atom stereocenters. The summed E-state index contributed by atoms with van der Waals surface area (Å²) in [6.07, 6.45) is 1.03. The van der Waals surface area contributed by atoms with E-state index >= 15 is 0 Å². The third-order valence-electron chi connectivity index (χ3n) is 2.21. The molecule has 1 rings (SSSR count). The van der Waals surface area contributed by atoms with Gasteiger partial charge in [0.2, 0.25) is 0 Å². The Morgan fingerprint density at radius 2 is 2.00 bits per heavy atom. The summed E-state index contributed by atoms with van der Waals surface area (Å²) in [5.41, 5.74) is 1.19. The van der Waals surface area contributed by atoms with Crippen LogP contribution in [-0.4, -0.2) is 27.4 Å². The van der Waals surface area contributed by atoms with Gasteiger partial charge in [-0.15, -0.1) is 0 Å². The van der Waals surface area contributed by atoms with E-state index in [1.165, 1.54) is 5.56 Å². The quantitative estimate of drug-likeness (QED) is 0.695. The fraction of sp³-hybridized carbons (Fsp3) is 0.500. The summed E-state index contributed by atoms with van der Waals surface area (Å²) >= 11 is 0. The van der Waals surface area contributed by atoms with Crippen molar-refractivity contribution in [3.05, 3.63) is 29.8 Å². The fourth-order valence-corrected chi connectivity index (χ4v) is 1.41. The molecule has 0 saturated heterocycles. The number of benzene rings is 1. The molecular formula is C12H19NO2. The topological polar surface area (TPSA) is 30.5 Å². The van der Waals surface area contributed by atoms with E-state index in [1.807, 2.05) is 18.2 Å². The minimum absolute atomic E-state index is 0.804. The van der Waals surface area contributed by atoms with Crippen molar-refractivity contribution >= 4 is 0 Å². The molecule has 15 heavy (non-hydrogen) atoms. The second-order valence-electron chi connectivity index (χ2n) is 3.33. The molecule has 0 bridgehead atoms. The molecule has 84 valence electrons. The Labute approximate surface area is 91.4 Å². The summed E-state index contributed by atoms with van der Waals surface area (Å²) in [5.74, 6) is 0.941. The van der Waals surface area contributed by atoms with Crippen molar-refractivity contribution in [1.82, 2.24) is 5.32 Å². The van der Waals surface area contributed by atoms with Gasteiger partial charge in [-0.25, -0.2) is 0 Å². The summed E-state index contributed by atoms with van der Waals surface area (Å²) in [4.78, 5) is 0. The third kappa shape index (κ3) is 4.32. The van der Waals surface area contributed by atoms with Crippen molar-refractivity contribution in [2.75, 3.05) is 27.4 Å². The molecule has 3 nitrogen and oxygen atoms in total. The number of rotatable bonds is 7. The molecule has 0 amide bonds. The van der Waals surface area contributed by atoms with Crippen LogP contribution in [0.5, 0.6) is 5.75 Å². The summed E-state index contributed by atoms with van der Waals surface area (Å²) in [6.45, 7) is 2.61. The van der Waals surface area contributed by atoms with E-state index in [4.69, 9.17) is 9.47 Å². The molecule has 0 saturated carbocycles. The minimum atomic E-state index is 0.804. The Hall–Kier alpha value is -1.06. The van der Waals surface area contributed by atoms with E-state index in [1.54, 1.807) is 14.2 Å². The maximum Gasteiger partial charge on any atom is 0.123 e. The van der Waals surface area contributed by atoms with Crippen LogP contribution in [0.4, 0.5) is 0 Å². The van der Waals surface area contributed by atoms with E-state index in [2.05, 4.69) is 11.4 Å². The third-order valence-corrected chi connectivity index (χ3v) is 2.21. The number of hydrogen-bond acceptors (Lipinski definition) is 3. The minimum Gasteiger partial charge on any atom is -0.496 e. The van der Waals surface area contributed by atoms with E-state index in [-0.39, 0.29) is 0 Å². The molecule has 0 aliphatic rings. The van der Waals surface area contributed by atoms with Crippen LogP contribution in [0.1, 0.15) is 12.0 Å². The predicted octanol–water partition coefficient (Wildman–Crippen LogP) is 1.82. The molecule has 1 N–H and O–H groups in total. The molecule has 0 radical (unpaired) electrons. The smallest absolute Gasteiger partial charge is 0.123 e. The highest BCUT2D eigenvalue weighted by molar-refractivity contribution is 5.32. The monoisotopic (exact) mass is 209 g/mol. The Morgan fingerprint density at radius 1 is 1.20 bits per heavy atom. The number of para-hydroxylation sites is 1. The number of nitrogens with one attached hydrogen (secondary N) is 1. The summed E-state index contributed by atoms with van der Waals surface area (Å²) in [7, 11) is 3.42. The average Bonchev–Trinajstić information content (AvgIpc) is 2.29. The number of hydrogen-bond donors (Lipinski definition) is 1. The van der Waals surface area contributed by atoms with Crippen LogP contribution in [0.25, 0.3) is 0 Å². The average molecular weight is 209 g/mol. The molecule has 1 aromatic rings. The van der Waals surface area contributed by atoms with Gasteiger partial charge in [0.25, 0.3) is 0 Å². The Morgan fingerprint density at radius 3 is 2.73 bits per heavy atom. The van der Waals surface area contributed by atoms with Crippen LogP contribution in [0, 0.1) is 0 Å². The Balaban J connectivity index is 2.30. The maximum absolute atomic E-state index is 5.26. The van der Waals surface area contributed by atoms with Gasteiger partial charge < -0.3 is 14.8 Å².